The molecule has 0 spiro atoms. The van der Waals surface area contributed by atoms with Gasteiger partial charge in [0.25, 0.3) is 0 Å². The normalized spacial score (nSPS) is 12.6. The topological polar surface area (TPSA) is 76.5 Å². The van der Waals surface area contributed by atoms with Crippen molar-refractivity contribution in [3.8, 4) is 22.4 Å². The maximum Gasteiger partial charge on any atom is 0.219 e. The van der Waals surface area contributed by atoms with E-state index in [4.69, 9.17) is 13.8 Å². The largest absolute Gasteiger partial charge is 0.512 e. The molecule has 1 N–H and O–H groups in total. The van der Waals surface area contributed by atoms with E-state index in [2.05, 4.69) is 102 Å². The summed E-state index contributed by atoms with van der Waals surface area (Å²) in [5.41, 5.74) is 7.51. The Morgan fingerprint density at radius 2 is 1.51 bits per heavy atom. The maximum atomic E-state index is 12.2. The van der Waals surface area contributed by atoms with E-state index in [1.807, 2.05) is 47.6 Å². The van der Waals surface area contributed by atoms with Crippen LogP contribution in [0.3, 0.4) is 0 Å². The first-order valence-corrected chi connectivity index (χ1v) is 19.8. The van der Waals surface area contributed by atoms with E-state index in [9.17, 15) is 9.90 Å². The molecule has 6 heteroatoms. The van der Waals surface area contributed by atoms with Gasteiger partial charge in [0.15, 0.2) is 5.78 Å². The quantitative estimate of drug-likeness (QED) is 0.0796. The molecule has 3 aromatic carbocycles. The number of aliphatic hydroxyl groups excluding tert-OH is 1. The number of furan rings is 2. The summed E-state index contributed by atoms with van der Waals surface area (Å²) in [5, 5.41) is 14.6. The summed E-state index contributed by atoms with van der Waals surface area (Å²) in [5.74, 6) is 1.86. The van der Waals surface area contributed by atoms with Gasteiger partial charge in [-0.25, -0.2) is 0 Å². The van der Waals surface area contributed by atoms with Gasteiger partial charge < -0.3 is 13.9 Å². The molecule has 5 nitrogen and oxygen atoms in total. The van der Waals surface area contributed by atoms with Crippen molar-refractivity contribution in [1.29, 1.82) is 0 Å². The number of pyridine rings is 1. The van der Waals surface area contributed by atoms with Crippen LogP contribution in [0.5, 0.6) is 0 Å². The molecule has 0 fully saturated rings. The third kappa shape index (κ3) is 9.19. The number of fused-ring (bicyclic) bond motifs is 3. The van der Waals surface area contributed by atoms with Gasteiger partial charge in [-0.2, -0.15) is 0 Å². The number of nitrogens with zero attached hydrogens (tertiary/aromatic N) is 1. The molecule has 0 aliphatic rings. The molecule has 1 radical (unpaired) electrons. The smallest absolute Gasteiger partial charge is 0.219 e. The number of aliphatic hydroxyl groups is 1. The first kappa shape index (κ1) is 43.7. The molecule has 3 aromatic heterocycles. The van der Waals surface area contributed by atoms with Crippen molar-refractivity contribution in [2.75, 3.05) is 0 Å². The summed E-state index contributed by atoms with van der Waals surface area (Å²) in [4.78, 5) is 17.1. The Labute approximate surface area is 342 Å². The fraction of sp³-hybridized carbons (Fsp3) is 0.429. The molecule has 0 unspecified atom stereocenters. The minimum Gasteiger partial charge on any atom is -0.512 e. The zero-order chi connectivity index (χ0) is 39.6. The molecule has 0 aliphatic carbocycles. The Morgan fingerprint density at radius 1 is 0.855 bits per heavy atom. The summed E-state index contributed by atoms with van der Waals surface area (Å²) < 4.78 is 12.1. The average molecular weight is 919 g/mol. The van der Waals surface area contributed by atoms with Crippen LogP contribution in [0.4, 0.5) is 0 Å². The molecule has 0 bridgehead atoms. The van der Waals surface area contributed by atoms with Crippen LogP contribution in [0.15, 0.2) is 87.6 Å². The predicted octanol–water partition coefficient (Wildman–Crippen LogP) is 14.3. The minimum atomic E-state index is -0.337. The number of benzene rings is 3. The van der Waals surface area contributed by atoms with E-state index in [0.717, 1.165) is 76.6 Å². The fourth-order valence-corrected chi connectivity index (χ4v) is 7.10. The number of ketones is 1. The number of hydrogen-bond donors (Lipinski definition) is 1. The molecule has 0 aliphatic heterocycles. The van der Waals surface area contributed by atoms with Crippen molar-refractivity contribution in [1.82, 2.24) is 4.98 Å². The van der Waals surface area contributed by atoms with Gasteiger partial charge in [-0.1, -0.05) is 124 Å². The minimum absolute atomic E-state index is 0. The van der Waals surface area contributed by atoms with E-state index < -0.39 is 0 Å². The molecule has 55 heavy (non-hydrogen) atoms. The summed E-state index contributed by atoms with van der Waals surface area (Å²) in [6.07, 6.45) is 7.48. The van der Waals surface area contributed by atoms with Gasteiger partial charge in [0, 0.05) is 59.0 Å². The van der Waals surface area contributed by atoms with Crippen LogP contribution < -0.4 is 0 Å². The first-order chi connectivity index (χ1) is 25.5. The van der Waals surface area contributed by atoms with Crippen LogP contribution in [-0.2, 0) is 36.7 Å². The number of aromatic nitrogens is 1. The number of hydrogen-bond acceptors (Lipinski definition) is 5. The summed E-state index contributed by atoms with van der Waals surface area (Å²) >= 11 is 0. The molecular formula is C49H60IrNO4-. The van der Waals surface area contributed by atoms with Crippen LogP contribution in [0, 0.1) is 29.7 Å². The molecule has 0 saturated carbocycles. The van der Waals surface area contributed by atoms with Gasteiger partial charge >= 0.3 is 0 Å². The van der Waals surface area contributed by atoms with Gasteiger partial charge in [0.05, 0.1) is 6.26 Å². The van der Waals surface area contributed by atoms with Crippen LogP contribution >= 0.6 is 0 Å². The number of aryl methyl sites for hydroxylation is 1. The third-order valence-corrected chi connectivity index (χ3v) is 11.8. The van der Waals surface area contributed by atoms with Gasteiger partial charge in [0.1, 0.15) is 17.1 Å². The molecule has 0 atom stereocenters. The number of carbonyl (C=O) groups is 1. The van der Waals surface area contributed by atoms with Crippen molar-refractivity contribution in [3.63, 3.8) is 0 Å². The zero-order valence-electron chi connectivity index (χ0n) is 35.0. The van der Waals surface area contributed by atoms with Crippen molar-refractivity contribution in [2.24, 2.45) is 16.7 Å². The van der Waals surface area contributed by atoms with Crippen LogP contribution in [-0.4, -0.2) is 15.9 Å². The average Bonchev–Trinajstić information content (AvgIpc) is 3.76. The zero-order valence-corrected chi connectivity index (χ0v) is 37.4. The van der Waals surface area contributed by atoms with Gasteiger partial charge in [-0.3, -0.25) is 9.78 Å². The first-order valence-electron chi connectivity index (χ1n) is 19.8. The SMILES string of the molecule is CCC(C)(CC)C(=O)/C=C(\O)C(C)(CC)CC.Cc1oc2cc(-c3cc(-c4[c-]c5ccccc5c(C(C)(C)C)c4)nc4occc34)ccc2c1CC(C)C.[Ir]. The Hall–Kier alpha value is -3.99. The summed E-state index contributed by atoms with van der Waals surface area (Å²) in [7, 11) is 0. The van der Waals surface area contributed by atoms with Gasteiger partial charge in [-0.05, 0) is 73.6 Å². The Kier molecular flexibility index (Phi) is 13.9. The number of allylic oxidation sites excluding steroid dienone is 2. The molecule has 295 valence electrons. The molecule has 0 saturated heterocycles. The van der Waals surface area contributed by atoms with Crippen LogP contribution in [0.25, 0.3) is 55.2 Å². The monoisotopic (exact) mass is 919 g/mol. The maximum absolute atomic E-state index is 12.2. The molecular weight excluding hydrogens is 859 g/mol. The van der Waals surface area contributed by atoms with Gasteiger partial charge in [-0.15, -0.1) is 29.1 Å². The molecule has 0 amide bonds. The summed E-state index contributed by atoms with van der Waals surface area (Å²) in [6, 6.07) is 25.0. The Morgan fingerprint density at radius 3 is 2.13 bits per heavy atom. The second kappa shape index (κ2) is 17.4. The third-order valence-electron chi connectivity index (χ3n) is 11.8. The van der Waals surface area contributed by atoms with E-state index >= 15 is 0 Å². The van der Waals surface area contributed by atoms with Crippen LogP contribution in [0.1, 0.15) is 119 Å². The number of carbonyl (C=O) groups excluding carboxylic acids is 1. The van der Waals surface area contributed by atoms with E-state index in [0.29, 0.717) is 11.6 Å². The predicted molar refractivity (Wildman–Crippen MR) is 226 cm³/mol. The summed E-state index contributed by atoms with van der Waals surface area (Å²) in [6.45, 7) is 25.4. The molecule has 6 rings (SSSR count). The van der Waals surface area contributed by atoms with Crippen LogP contribution in [0.2, 0.25) is 0 Å². The Bertz CT molecular complexity index is 2290. The number of rotatable bonds is 11. The van der Waals surface area contributed by atoms with Crippen molar-refractivity contribution >= 4 is 38.6 Å². The molecule has 3 heterocycles. The second-order valence-corrected chi connectivity index (χ2v) is 17.0. The van der Waals surface area contributed by atoms with Crippen molar-refractivity contribution in [2.45, 2.75) is 121 Å². The van der Waals surface area contributed by atoms with Crippen molar-refractivity contribution in [3.05, 3.63) is 102 Å². The van der Waals surface area contributed by atoms with Crippen molar-refractivity contribution < 1.29 is 38.8 Å². The standard InChI is InChI=1S/C34H32NO2.C15H28O2.Ir/c1-20(2)15-28-21(3)37-32-18-23(11-12-26(28)32)29-19-31(35-33-27(29)13-14-36-33)24-16-22-9-7-8-10-25(22)30(17-24)34(4,5)6;1-7-14(5,8-2)12(16)11-13(17)15(6,9-3)10-4;/h7-14,17-20H,15H2,1-6H3;11,16H,7-10H2,1-6H3;/q-1;;/b;12-11-;. The van der Waals surface area contributed by atoms with E-state index in [1.54, 1.807) is 6.26 Å². The van der Waals surface area contributed by atoms with E-state index in [-0.39, 0.29) is 47.9 Å². The fourth-order valence-electron chi connectivity index (χ4n) is 7.10. The molecule has 6 aromatic rings. The second-order valence-electron chi connectivity index (χ2n) is 17.0. The van der Waals surface area contributed by atoms with Gasteiger partial charge in [0.2, 0.25) is 5.71 Å². The Balaban J connectivity index is 0.000000320. The van der Waals surface area contributed by atoms with E-state index in [1.165, 1.54) is 28.0 Å².